The summed E-state index contributed by atoms with van der Waals surface area (Å²) in [5.41, 5.74) is 0.0315. The summed E-state index contributed by atoms with van der Waals surface area (Å²) in [7, 11) is 0. The van der Waals surface area contributed by atoms with Gasteiger partial charge in [-0.2, -0.15) is 0 Å². The summed E-state index contributed by atoms with van der Waals surface area (Å²) < 4.78 is 39.1. The van der Waals surface area contributed by atoms with Crippen molar-refractivity contribution in [2.24, 2.45) is 0 Å². The molecule has 2 aromatic carbocycles. The Hall–Kier alpha value is -1.75. The van der Waals surface area contributed by atoms with Gasteiger partial charge >= 0.3 is 0 Å². The Labute approximate surface area is 215 Å². The maximum absolute atomic E-state index is 14.2. The van der Waals surface area contributed by atoms with Gasteiger partial charge in [-0.1, -0.05) is 34.5 Å². The van der Waals surface area contributed by atoms with Crippen molar-refractivity contribution in [2.45, 2.75) is 6.42 Å². The lowest BCUT2D eigenvalue weighted by atomic mass is 10.3. The zero-order valence-electron chi connectivity index (χ0n) is 17.9. The van der Waals surface area contributed by atoms with Crippen LogP contribution in [-0.4, -0.2) is 61.8 Å². The number of ether oxygens (including phenoxy) is 2. The predicted octanol–water partition coefficient (Wildman–Crippen LogP) is 5.44. The molecule has 1 aliphatic heterocycles. The molecule has 0 spiro atoms. The van der Waals surface area contributed by atoms with E-state index in [1.54, 1.807) is 12.1 Å². The van der Waals surface area contributed by atoms with Crippen molar-refractivity contribution in [2.75, 3.05) is 50.9 Å². The summed E-state index contributed by atoms with van der Waals surface area (Å²) in [5, 5.41) is 1.02. The van der Waals surface area contributed by atoms with E-state index in [4.69, 9.17) is 32.7 Å². The molecule has 0 saturated carbocycles. The number of carbonyl (C=O) groups is 1. The summed E-state index contributed by atoms with van der Waals surface area (Å²) in [6, 6.07) is 6.70. The van der Waals surface area contributed by atoms with Crippen molar-refractivity contribution in [3.05, 3.63) is 52.0 Å². The number of nitrogens with zero attached hydrogens (tertiary/aromatic N) is 3. The van der Waals surface area contributed by atoms with Crippen LogP contribution >= 0.6 is 46.9 Å². The largest absolute Gasteiger partial charge is 0.482 e. The highest BCUT2D eigenvalue weighted by molar-refractivity contribution is 7.22. The summed E-state index contributed by atoms with van der Waals surface area (Å²) in [6.45, 7) is 3.84. The van der Waals surface area contributed by atoms with Crippen molar-refractivity contribution >= 4 is 68.2 Å². The zero-order valence-corrected chi connectivity index (χ0v) is 21.1. The first kappa shape index (κ1) is 26.8. The first-order valence-electron chi connectivity index (χ1n) is 10.3. The first-order valence-corrected chi connectivity index (χ1v) is 11.9. The Bertz CT molecular complexity index is 1150. The van der Waals surface area contributed by atoms with Crippen LogP contribution in [0.15, 0.2) is 30.3 Å². The molecule has 0 aliphatic carbocycles. The van der Waals surface area contributed by atoms with E-state index in [9.17, 15) is 13.6 Å². The summed E-state index contributed by atoms with van der Waals surface area (Å²) in [5.74, 6) is -1.51. The van der Waals surface area contributed by atoms with Crippen LogP contribution in [0, 0.1) is 11.6 Å². The highest BCUT2D eigenvalue weighted by atomic mass is 35.5. The summed E-state index contributed by atoms with van der Waals surface area (Å²) in [6.07, 6.45) is 0.667. The standard InChI is InChI=1S/C22H21Cl2F2N3O3S.ClH/c23-14-2-3-18(16(24)10-14)32-13-20(30)29(5-1-4-28-6-8-31-9-7-28)22-27-21-17(26)11-15(25)12-19(21)33-22;/h2-3,10-12H,1,4-9,13H2;1H. The molecule has 12 heteroatoms. The number of thiazole rings is 1. The maximum atomic E-state index is 14.2. The number of rotatable bonds is 8. The van der Waals surface area contributed by atoms with Gasteiger partial charge in [-0.15, -0.1) is 12.4 Å². The molecule has 1 saturated heterocycles. The fraction of sp³-hybridized carbons (Fsp3) is 0.364. The molecular formula is C22H22Cl3F2N3O3S. The maximum Gasteiger partial charge on any atom is 0.266 e. The molecule has 4 rings (SSSR count). The zero-order chi connectivity index (χ0) is 23.4. The molecule has 1 aliphatic rings. The fourth-order valence-corrected chi connectivity index (χ4v) is 4.99. The lowest BCUT2D eigenvalue weighted by molar-refractivity contribution is -0.120. The van der Waals surface area contributed by atoms with Crippen LogP contribution in [0.25, 0.3) is 10.2 Å². The predicted molar refractivity (Wildman–Crippen MR) is 133 cm³/mol. The van der Waals surface area contributed by atoms with Gasteiger partial charge in [-0.25, -0.2) is 13.8 Å². The van der Waals surface area contributed by atoms with Crippen molar-refractivity contribution in [3.8, 4) is 5.75 Å². The Morgan fingerprint density at radius 1 is 1.21 bits per heavy atom. The van der Waals surface area contributed by atoms with Crippen molar-refractivity contribution in [1.82, 2.24) is 9.88 Å². The van der Waals surface area contributed by atoms with Crippen LogP contribution in [0.5, 0.6) is 5.75 Å². The molecule has 0 unspecified atom stereocenters. The van der Waals surface area contributed by atoms with E-state index in [1.807, 2.05) is 0 Å². The van der Waals surface area contributed by atoms with Crippen molar-refractivity contribution in [3.63, 3.8) is 0 Å². The van der Waals surface area contributed by atoms with Crippen molar-refractivity contribution < 1.29 is 23.0 Å². The Kier molecular flexibility index (Phi) is 9.70. The van der Waals surface area contributed by atoms with Crippen LogP contribution in [0.2, 0.25) is 10.0 Å². The van der Waals surface area contributed by atoms with E-state index in [2.05, 4.69) is 9.88 Å². The number of hydrogen-bond acceptors (Lipinski definition) is 6. The molecule has 2 heterocycles. The van der Waals surface area contributed by atoms with Crippen LogP contribution < -0.4 is 9.64 Å². The molecule has 184 valence electrons. The second kappa shape index (κ2) is 12.3. The van der Waals surface area contributed by atoms with E-state index in [0.717, 1.165) is 37.0 Å². The van der Waals surface area contributed by atoms with Crippen LogP contribution in [-0.2, 0) is 9.53 Å². The number of aromatic nitrogens is 1. The van der Waals surface area contributed by atoms with E-state index in [-0.39, 0.29) is 40.6 Å². The Morgan fingerprint density at radius 2 is 1.97 bits per heavy atom. The second-order valence-corrected chi connectivity index (χ2v) is 9.30. The third kappa shape index (κ3) is 6.68. The molecular weight excluding hydrogens is 531 g/mol. The summed E-state index contributed by atoms with van der Waals surface area (Å²) >= 11 is 13.1. The molecule has 1 amide bonds. The van der Waals surface area contributed by atoms with E-state index >= 15 is 0 Å². The molecule has 3 aromatic rings. The number of fused-ring (bicyclic) bond motifs is 1. The van der Waals surface area contributed by atoms with Gasteiger partial charge in [-0.3, -0.25) is 14.6 Å². The van der Waals surface area contributed by atoms with Crippen LogP contribution in [0.4, 0.5) is 13.9 Å². The number of amides is 1. The van der Waals surface area contributed by atoms with Gasteiger partial charge in [0.15, 0.2) is 17.6 Å². The lowest BCUT2D eigenvalue weighted by Crippen LogP contribution is -2.40. The number of hydrogen-bond donors (Lipinski definition) is 0. The first-order chi connectivity index (χ1) is 15.9. The number of anilines is 1. The van der Waals surface area contributed by atoms with Gasteiger partial charge in [0.1, 0.15) is 17.1 Å². The lowest BCUT2D eigenvalue weighted by Gasteiger charge is -2.27. The molecule has 0 N–H and O–H groups in total. The smallest absolute Gasteiger partial charge is 0.266 e. The van der Waals surface area contributed by atoms with Crippen molar-refractivity contribution in [1.29, 1.82) is 0 Å². The SMILES string of the molecule is Cl.O=C(COc1ccc(Cl)cc1Cl)N(CCCN1CCOCC1)c1nc2c(F)cc(F)cc2s1. The minimum atomic E-state index is -0.766. The average molecular weight is 553 g/mol. The van der Waals surface area contributed by atoms with E-state index in [1.165, 1.54) is 17.0 Å². The van der Waals surface area contributed by atoms with Gasteiger partial charge in [0.25, 0.3) is 5.91 Å². The molecule has 0 bridgehead atoms. The molecule has 0 atom stereocenters. The Morgan fingerprint density at radius 3 is 2.71 bits per heavy atom. The van der Waals surface area contributed by atoms with Crippen LogP contribution in [0.3, 0.4) is 0 Å². The van der Waals surface area contributed by atoms with Gasteiger partial charge in [-0.05, 0) is 30.7 Å². The van der Waals surface area contributed by atoms with Gasteiger partial charge in [0.2, 0.25) is 0 Å². The van der Waals surface area contributed by atoms with Gasteiger partial charge < -0.3 is 9.47 Å². The average Bonchev–Trinajstić information content (AvgIpc) is 3.20. The molecule has 0 radical (unpaired) electrons. The third-order valence-corrected chi connectivity index (χ3v) is 6.69. The second-order valence-electron chi connectivity index (χ2n) is 7.45. The van der Waals surface area contributed by atoms with E-state index in [0.29, 0.717) is 41.7 Å². The third-order valence-electron chi connectivity index (χ3n) is 5.14. The fourth-order valence-electron chi connectivity index (χ4n) is 3.47. The number of morpholine rings is 1. The minimum absolute atomic E-state index is 0. The van der Waals surface area contributed by atoms with Crippen LogP contribution in [0.1, 0.15) is 6.42 Å². The molecule has 34 heavy (non-hydrogen) atoms. The normalized spacial score (nSPS) is 14.1. The molecule has 6 nitrogen and oxygen atoms in total. The molecule has 1 fully saturated rings. The van der Waals surface area contributed by atoms with E-state index < -0.39 is 11.6 Å². The number of carbonyl (C=O) groups excluding carboxylic acids is 1. The highest BCUT2D eigenvalue weighted by Crippen LogP contribution is 2.32. The monoisotopic (exact) mass is 551 g/mol. The Balaban J connectivity index is 0.00000324. The highest BCUT2D eigenvalue weighted by Gasteiger charge is 2.23. The topological polar surface area (TPSA) is 54.9 Å². The van der Waals surface area contributed by atoms with Gasteiger partial charge in [0.05, 0.1) is 22.9 Å². The molecule has 1 aromatic heterocycles. The minimum Gasteiger partial charge on any atom is -0.482 e. The quantitative estimate of drug-likeness (QED) is 0.373. The number of halogens is 5. The van der Waals surface area contributed by atoms with Gasteiger partial charge in [0, 0.05) is 37.3 Å². The number of benzene rings is 2. The summed E-state index contributed by atoms with van der Waals surface area (Å²) in [4.78, 5) is 21.1.